The first kappa shape index (κ1) is 15.4. The fourth-order valence-electron chi connectivity index (χ4n) is 2.76. The normalized spacial score (nSPS) is 19.7. The smallest absolute Gasteiger partial charge is 0.240 e. The summed E-state index contributed by atoms with van der Waals surface area (Å²) in [6, 6.07) is 0.396. The van der Waals surface area contributed by atoms with Gasteiger partial charge in [0.1, 0.15) is 0 Å². The maximum Gasteiger partial charge on any atom is 0.240 e. The van der Waals surface area contributed by atoms with Crippen molar-refractivity contribution in [3.63, 3.8) is 0 Å². The molecule has 0 aromatic heterocycles. The van der Waals surface area contributed by atoms with E-state index in [-0.39, 0.29) is 5.91 Å². The molecule has 1 rings (SSSR count). The van der Waals surface area contributed by atoms with Crippen molar-refractivity contribution in [1.82, 2.24) is 10.2 Å². The lowest BCUT2D eigenvalue weighted by atomic mass is 9.77. The second-order valence-electron chi connectivity index (χ2n) is 5.83. The first-order chi connectivity index (χ1) is 8.44. The van der Waals surface area contributed by atoms with Crippen molar-refractivity contribution in [3.05, 3.63) is 0 Å². The van der Waals surface area contributed by atoms with Crippen molar-refractivity contribution in [1.29, 1.82) is 0 Å². The lowest BCUT2D eigenvalue weighted by Gasteiger charge is -2.38. The number of carbonyl (C=O) groups is 1. The van der Waals surface area contributed by atoms with Crippen LogP contribution in [-0.4, -0.2) is 43.0 Å². The molecule has 0 spiro atoms. The van der Waals surface area contributed by atoms with E-state index in [2.05, 4.69) is 38.2 Å². The summed E-state index contributed by atoms with van der Waals surface area (Å²) in [6.07, 6.45) is 5.02. The third-order valence-corrected chi connectivity index (χ3v) is 4.43. The summed E-state index contributed by atoms with van der Waals surface area (Å²) in [5.41, 5.74) is 5.45. The van der Waals surface area contributed by atoms with Crippen LogP contribution >= 0.6 is 0 Å². The monoisotopic (exact) mass is 255 g/mol. The highest BCUT2D eigenvalue weighted by atomic mass is 16.2. The Hall–Kier alpha value is -0.610. The van der Waals surface area contributed by atoms with Gasteiger partial charge in [-0.2, -0.15) is 0 Å². The largest absolute Gasteiger partial charge is 0.353 e. The molecule has 18 heavy (non-hydrogen) atoms. The molecule has 4 nitrogen and oxygen atoms in total. The van der Waals surface area contributed by atoms with Crippen LogP contribution in [0.4, 0.5) is 0 Å². The van der Waals surface area contributed by atoms with Crippen LogP contribution in [0.15, 0.2) is 0 Å². The first-order valence-electron chi connectivity index (χ1n) is 7.18. The zero-order valence-electron chi connectivity index (χ0n) is 12.3. The van der Waals surface area contributed by atoms with Gasteiger partial charge in [0.2, 0.25) is 5.91 Å². The quantitative estimate of drug-likeness (QED) is 0.722. The van der Waals surface area contributed by atoms with Gasteiger partial charge in [-0.3, -0.25) is 4.79 Å². The predicted molar refractivity (Wildman–Crippen MR) is 75.3 cm³/mol. The highest BCUT2D eigenvalue weighted by Crippen LogP contribution is 2.29. The molecule has 1 aliphatic rings. The molecule has 3 N–H and O–H groups in total. The number of likely N-dealkylation sites (N-methyl/N-ethyl adjacent to an activating group) is 1. The minimum atomic E-state index is -0.579. The van der Waals surface area contributed by atoms with Gasteiger partial charge in [0.05, 0.1) is 5.54 Å². The minimum absolute atomic E-state index is 0.0338. The summed E-state index contributed by atoms with van der Waals surface area (Å²) in [4.78, 5) is 14.2. The van der Waals surface area contributed by atoms with Gasteiger partial charge in [-0.15, -0.1) is 0 Å². The summed E-state index contributed by atoms with van der Waals surface area (Å²) < 4.78 is 0. The SMILES string of the molecule is CCC(CC)C(CNC(=O)C1(N)CCC1)N(C)C. The molecule has 0 bridgehead atoms. The van der Waals surface area contributed by atoms with Crippen LogP contribution in [0.1, 0.15) is 46.0 Å². The molecule has 1 aliphatic carbocycles. The number of nitrogens with two attached hydrogens (primary N) is 1. The van der Waals surface area contributed by atoms with E-state index < -0.39 is 5.54 Å². The summed E-state index contributed by atoms with van der Waals surface area (Å²) in [5.74, 6) is 0.655. The van der Waals surface area contributed by atoms with Crippen LogP contribution in [0.5, 0.6) is 0 Å². The second kappa shape index (κ2) is 6.53. The molecule has 0 aliphatic heterocycles. The molecule has 0 radical (unpaired) electrons. The van der Waals surface area contributed by atoms with Crippen molar-refractivity contribution < 1.29 is 4.79 Å². The zero-order chi connectivity index (χ0) is 13.8. The van der Waals surface area contributed by atoms with Gasteiger partial charge >= 0.3 is 0 Å². The maximum absolute atomic E-state index is 12.0. The second-order valence-corrected chi connectivity index (χ2v) is 5.83. The Kier molecular flexibility index (Phi) is 5.60. The number of hydrogen-bond donors (Lipinski definition) is 2. The van der Waals surface area contributed by atoms with E-state index in [1.165, 1.54) is 0 Å². The molecule has 4 heteroatoms. The van der Waals surface area contributed by atoms with Crippen molar-refractivity contribution in [2.45, 2.75) is 57.5 Å². The molecule has 0 saturated heterocycles. The Labute approximate surface area is 111 Å². The predicted octanol–water partition coefficient (Wildman–Crippen LogP) is 1.35. The van der Waals surface area contributed by atoms with E-state index in [1.807, 2.05) is 0 Å². The third-order valence-electron chi connectivity index (χ3n) is 4.43. The number of amides is 1. The van der Waals surface area contributed by atoms with Crippen molar-refractivity contribution in [3.8, 4) is 0 Å². The van der Waals surface area contributed by atoms with E-state index in [0.717, 1.165) is 32.1 Å². The molecular formula is C14H29N3O. The number of rotatable bonds is 7. The van der Waals surface area contributed by atoms with Crippen LogP contribution in [0.3, 0.4) is 0 Å². The van der Waals surface area contributed by atoms with Crippen molar-refractivity contribution in [2.24, 2.45) is 11.7 Å². The fourth-order valence-corrected chi connectivity index (χ4v) is 2.76. The molecule has 1 atom stereocenters. The van der Waals surface area contributed by atoms with Crippen molar-refractivity contribution >= 4 is 5.91 Å². The molecular weight excluding hydrogens is 226 g/mol. The lowest BCUT2D eigenvalue weighted by molar-refractivity contribution is -0.129. The summed E-state index contributed by atoms with van der Waals surface area (Å²) in [5, 5.41) is 3.05. The number of carbonyl (C=O) groups excluding carboxylic acids is 1. The molecule has 1 amide bonds. The van der Waals surface area contributed by atoms with E-state index in [4.69, 9.17) is 5.73 Å². The Morgan fingerprint density at radius 1 is 1.33 bits per heavy atom. The Balaban J connectivity index is 2.49. The highest BCUT2D eigenvalue weighted by molar-refractivity contribution is 5.87. The number of nitrogens with one attached hydrogen (secondary N) is 1. The zero-order valence-corrected chi connectivity index (χ0v) is 12.3. The van der Waals surface area contributed by atoms with E-state index in [0.29, 0.717) is 18.5 Å². The average molecular weight is 255 g/mol. The van der Waals surface area contributed by atoms with Crippen LogP contribution in [0.25, 0.3) is 0 Å². The van der Waals surface area contributed by atoms with Crippen LogP contribution in [0, 0.1) is 5.92 Å². The summed E-state index contributed by atoms with van der Waals surface area (Å²) in [6.45, 7) is 5.13. The molecule has 1 unspecified atom stereocenters. The highest BCUT2D eigenvalue weighted by Gasteiger charge is 2.40. The van der Waals surface area contributed by atoms with Gasteiger partial charge in [-0.05, 0) is 39.3 Å². The van der Waals surface area contributed by atoms with Gasteiger partial charge in [-0.25, -0.2) is 0 Å². The topological polar surface area (TPSA) is 58.4 Å². The van der Waals surface area contributed by atoms with Crippen molar-refractivity contribution in [2.75, 3.05) is 20.6 Å². The van der Waals surface area contributed by atoms with Gasteiger partial charge in [0.15, 0.2) is 0 Å². The first-order valence-corrected chi connectivity index (χ1v) is 7.18. The van der Waals surface area contributed by atoms with Gasteiger partial charge < -0.3 is 16.0 Å². The molecule has 106 valence electrons. The molecule has 1 saturated carbocycles. The number of hydrogen-bond acceptors (Lipinski definition) is 3. The molecule has 0 aromatic carbocycles. The lowest BCUT2D eigenvalue weighted by Crippen LogP contribution is -2.60. The number of nitrogens with zero attached hydrogens (tertiary/aromatic N) is 1. The molecule has 0 heterocycles. The van der Waals surface area contributed by atoms with Crippen LogP contribution in [-0.2, 0) is 4.79 Å². The Bertz CT molecular complexity index is 270. The Morgan fingerprint density at radius 3 is 2.22 bits per heavy atom. The summed E-state index contributed by atoms with van der Waals surface area (Å²) >= 11 is 0. The molecule has 1 fully saturated rings. The maximum atomic E-state index is 12.0. The fraction of sp³-hybridized carbons (Fsp3) is 0.929. The summed E-state index contributed by atoms with van der Waals surface area (Å²) in [7, 11) is 4.16. The van der Waals surface area contributed by atoms with Gasteiger partial charge in [0.25, 0.3) is 0 Å². The van der Waals surface area contributed by atoms with Crippen LogP contribution in [0.2, 0.25) is 0 Å². The average Bonchev–Trinajstić information content (AvgIpc) is 2.30. The van der Waals surface area contributed by atoms with Crippen LogP contribution < -0.4 is 11.1 Å². The minimum Gasteiger partial charge on any atom is -0.353 e. The van der Waals surface area contributed by atoms with E-state index in [1.54, 1.807) is 0 Å². The van der Waals surface area contributed by atoms with Gasteiger partial charge in [0, 0.05) is 12.6 Å². The van der Waals surface area contributed by atoms with E-state index in [9.17, 15) is 4.79 Å². The Morgan fingerprint density at radius 2 is 1.89 bits per heavy atom. The molecule has 0 aromatic rings. The van der Waals surface area contributed by atoms with Gasteiger partial charge in [-0.1, -0.05) is 26.7 Å². The van der Waals surface area contributed by atoms with E-state index >= 15 is 0 Å². The third kappa shape index (κ3) is 3.45. The standard InChI is InChI=1S/C14H29N3O/c1-5-11(6-2)12(17(3)4)10-16-13(18)14(15)8-7-9-14/h11-12H,5-10,15H2,1-4H3,(H,16,18).